The second kappa shape index (κ2) is 9.05. The van der Waals surface area contributed by atoms with E-state index in [0.29, 0.717) is 41.1 Å². The second-order valence-corrected chi connectivity index (χ2v) is 8.74. The van der Waals surface area contributed by atoms with Crippen LogP contribution in [0.5, 0.6) is 0 Å². The summed E-state index contributed by atoms with van der Waals surface area (Å²) in [7, 11) is 0. The summed E-state index contributed by atoms with van der Waals surface area (Å²) in [6.07, 6.45) is 3.81. The number of nitrogens with zero attached hydrogens (tertiary/aromatic N) is 2. The molecule has 1 aliphatic heterocycles. The van der Waals surface area contributed by atoms with Gasteiger partial charge in [0, 0.05) is 30.1 Å². The smallest absolute Gasteiger partial charge is 0.254 e. The Labute approximate surface area is 199 Å². The van der Waals surface area contributed by atoms with Crippen molar-refractivity contribution in [2.24, 2.45) is 5.92 Å². The van der Waals surface area contributed by atoms with Gasteiger partial charge in [-0.15, -0.1) is 0 Å². The Morgan fingerprint density at radius 2 is 2.03 bits per heavy atom. The summed E-state index contributed by atoms with van der Waals surface area (Å²) in [5, 5.41) is 2.86. The summed E-state index contributed by atoms with van der Waals surface area (Å²) >= 11 is 0. The molecule has 9 heteroatoms. The van der Waals surface area contributed by atoms with Crippen molar-refractivity contribution in [1.82, 2.24) is 15.2 Å². The molecule has 5 rings (SSSR count). The van der Waals surface area contributed by atoms with E-state index < -0.39 is 35.3 Å². The number of fused-ring (bicyclic) bond motifs is 1. The van der Waals surface area contributed by atoms with Gasteiger partial charge in [-0.1, -0.05) is 18.2 Å². The van der Waals surface area contributed by atoms with Crippen LogP contribution < -0.4 is 5.32 Å². The van der Waals surface area contributed by atoms with Crippen molar-refractivity contribution in [2.75, 3.05) is 0 Å². The molecule has 0 saturated heterocycles. The number of aromatic nitrogens is 1. The van der Waals surface area contributed by atoms with Crippen molar-refractivity contribution < 1.29 is 27.2 Å². The van der Waals surface area contributed by atoms with Gasteiger partial charge >= 0.3 is 0 Å². The molecule has 1 fully saturated rings. The minimum Gasteiger partial charge on any atom is -0.447 e. The van der Waals surface area contributed by atoms with E-state index >= 15 is 0 Å². The molecule has 0 bridgehead atoms. The van der Waals surface area contributed by atoms with Gasteiger partial charge in [-0.25, -0.2) is 18.2 Å². The number of rotatable bonds is 6. The van der Waals surface area contributed by atoms with E-state index in [1.54, 1.807) is 17.9 Å². The number of Topliss-reactive ketones (excluding diaryl/α,β-unsaturated/α-hetero) is 1. The number of amides is 1. The van der Waals surface area contributed by atoms with Crippen molar-refractivity contribution in [2.45, 2.75) is 38.9 Å². The Morgan fingerprint density at radius 3 is 2.69 bits per heavy atom. The van der Waals surface area contributed by atoms with Crippen LogP contribution in [0.15, 0.2) is 59.0 Å². The summed E-state index contributed by atoms with van der Waals surface area (Å²) in [6.45, 7) is 2.17. The summed E-state index contributed by atoms with van der Waals surface area (Å²) in [5.74, 6) is -3.29. The van der Waals surface area contributed by atoms with E-state index in [-0.39, 0.29) is 24.4 Å². The number of allylic oxidation sites excluding steroid dienone is 1. The fraction of sp³-hybridized carbons (Fsp3) is 0.269. The third kappa shape index (κ3) is 4.22. The average molecular weight is 481 g/mol. The lowest BCUT2D eigenvalue weighted by atomic mass is 9.75. The van der Waals surface area contributed by atoms with Crippen LogP contribution in [0.4, 0.5) is 13.2 Å². The maximum atomic E-state index is 14.8. The SMILES string of the molecule is CC1=C(C(=O)N[C@H](c2ccc(F)c(F)c2)C2CCC2=O)c2cccc(F)c2CN1Cc1ncco1. The lowest BCUT2D eigenvalue weighted by Crippen LogP contribution is -2.42. The number of nitrogens with one attached hydrogen (secondary N) is 1. The van der Waals surface area contributed by atoms with Crippen molar-refractivity contribution in [3.05, 3.63) is 94.6 Å². The predicted molar refractivity (Wildman–Crippen MR) is 120 cm³/mol. The van der Waals surface area contributed by atoms with Crippen LogP contribution in [0.1, 0.15) is 48.4 Å². The van der Waals surface area contributed by atoms with E-state index in [4.69, 9.17) is 4.42 Å². The van der Waals surface area contributed by atoms with Gasteiger partial charge < -0.3 is 14.6 Å². The zero-order chi connectivity index (χ0) is 24.7. The fourth-order valence-corrected chi connectivity index (χ4v) is 4.69. The number of carbonyl (C=O) groups excluding carboxylic acids is 2. The normalized spacial score (nSPS) is 18.2. The molecule has 1 saturated carbocycles. The maximum Gasteiger partial charge on any atom is 0.254 e. The number of oxazole rings is 1. The van der Waals surface area contributed by atoms with Crippen LogP contribution in [0, 0.1) is 23.4 Å². The zero-order valence-electron chi connectivity index (χ0n) is 18.9. The van der Waals surface area contributed by atoms with Gasteiger partial charge in [0.2, 0.25) is 5.89 Å². The van der Waals surface area contributed by atoms with Crippen LogP contribution in [-0.2, 0) is 22.7 Å². The Bertz CT molecular complexity index is 1340. The summed E-state index contributed by atoms with van der Waals surface area (Å²) in [4.78, 5) is 31.9. The van der Waals surface area contributed by atoms with Gasteiger partial charge in [0.05, 0.1) is 24.4 Å². The highest BCUT2D eigenvalue weighted by Gasteiger charge is 2.39. The van der Waals surface area contributed by atoms with Crippen LogP contribution in [0.2, 0.25) is 0 Å². The molecule has 180 valence electrons. The Balaban J connectivity index is 1.53. The van der Waals surface area contributed by atoms with Gasteiger partial charge in [0.25, 0.3) is 5.91 Å². The fourth-order valence-electron chi connectivity index (χ4n) is 4.69. The molecular formula is C26H22F3N3O3. The number of hydrogen-bond donors (Lipinski definition) is 1. The number of hydrogen-bond acceptors (Lipinski definition) is 5. The predicted octanol–water partition coefficient (Wildman–Crippen LogP) is 4.68. The largest absolute Gasteiger partial charge is 0.447 e. The molecule has 2 aliphatic rings. The molecule has 35 heavy (non-hydrogen) atoms. The van der Waals surface area contributed by atoms with E-state index in [2.05, 4.69) is 10.3 Å². The monoisotopic (exact) mass is 481 g/mol. The van der Waals surface area contributed by atoms with Gasteiger partial charge in [-0.05, 0) is 42.7 Å². The quantitative estimate of drug-likeness (QED) is 0.554. The Kier molecular flexibility index (Phi) is 5.92. The topological polar surface area (TPSA) is 75.4 Å². The van der Waals surface area contributed by atoms with Crippen molar-refractivity contribution in [3.63, 3.8) is 0 Å². The minimum absolute atomic E-state index is 0.0636. The van der Waals surface area contributed by atoms with Crippen LogP contribution in [-0.4, -0.2) is 21.6 Å². The first-order valence-electron chi connectivity index (χ1n) is 11.2. The van der Waals surface area contributed by atoms with Gasteiger partial charge in [-0.3, -0.25) is 9.59 Å². The van der Waals surface area contributed by atoms with E-state index in [1.807, 2.05) is 0 Å². The molecule has 3 aromatic rings. The third-order valence-corrected chi connectivity index (χ3v) is 6.72. The van der Waals surface area contributed by atoms with Crippen molar-refractivity contribution in [1.29, 1.82) is 0 Å². The van der Waals surface area contributed by atoms with Gasteiger partial charge in [-0.2, -0.15) is 0 Å². The molecule has 1 aromatic heterocycles. The van der Waals surface area contributed by atoms with E-state index in [0.717, 1.165) is 12.1 Å². The Morgan fingerprint density at radius 1 is 1.20 bits per heavy atom. The molecule has 1 unspecified atom stereocenters. The standard InChI is InChI=1S/C26H22F3N3O3/c1-14-24(16-3-2-4-19(27)18(16)12-32(14)13-23-30-9-10-35-23)26(34)31-25(17-6-8-22(17)33)15-5-7-20(28)21(29)11-15/h2-5,7,9-11,17,25H,6,8,12-13H2,1H3,(H,31,34)/t17?,25-/m1/s1. The first-order chi connectivity index (χ1) is 16.8. The van der Waals surface area contributed by atoms with Gasteiger partial charge in [0.15, 0.2) is 11.6 Å². The number of ketones is 1. The Hall–Kier alpha value is -3.88. The zero-order valence-corrected chi connectivity index (χ0v) is 18.9. The molecule has 1 N–H and O–H groups in total. The lowest BCUT2D eigenvalue weighted by Gasteiger charge is -2.36. The van der Waals surface area contributed by atoms with E-state index in [9.17, 15) is 22.8 Å². The highest BCUT2D eigenvalue weighted by atomic mass is 19.2. The molecule has 0 spiro atoms. The van der Waals surface area contributed by atoms with Crippen LogP contribution in [0.3, 0.4) is 0 Å². The van der Waals surface area contributed by atoms with Gasteiger partial charge in [0.1, 0.15) is 17.9 Å². The molecule has 2 aromatic carbocycles. The summed E-state index contributed by atoms with van der Waals surface area (Å²) in [5.41, 5.74) is 1.88. The maximum absolute atomic E-state index is 14.8. The summed E-state index contributed by atoms with van der Waals surface area (Å²) < 4.78 is 47.7. The number of carbonyl (C=O) groups is 2. The highest BCUT2D eigenvalue weighted by molar-refractivity contribution is 6.21. The molecule has 2 atom stereocenters. The molecule has 2 heterocycles. The molecule has 1 aliphatic carbocycles. The van der Waals surface area contributed by atoms with Crippen LogP contribution in [0.25, 0.3) is 5.57 Å². The molecule has 0 radical (unpaired) electrons. The summed E-state index contributed by atoms with van der Waals surface area (Å²) in [6, 6.07) is 7.01. The van der Waals surface area contributed by atoms with Crippen LogP contribution >= 0.6 is 0 Å². The highest BCUT2D eigenvalue weighted by Crippen LogP contribution is 2.38. The first-order valence-corrected chi connectivity index (χ1v) is 11.2. The van der Waals surface area contributed by atoms with Crippen molar-refractivity contribution in [3.8, 4) is 0 Å². The molecule has 6 nitrogen and oxygen atoms in total. The van der Waals surface area contributed by atoms with E-state index in [1.165, 1.54) is 30.7 Å². The van der Waals surface area contributed by atoms with Crippen molar-refractivity contribution >= 4 is 17.3 Å². The molecular weight excluding hydrogens is 459 g/mol. The minimum atomic E-state index is -1.06. The number of benzene rings is 2. The average Bonchev–Trinajstić information content (AvgIpc) is 3.33. The molecule has 1 amide bonds. The number of halogens is 3. The second-order valence-electron chi connectivity index (χ2n) is 8.74. The third-order valence-electron chi connectivity index (χ3n) is 6.72. The lowest BCUT2D eigenvalue weighted by molar-refractivity contribution is -0.131. The first kappa shape index (κ1) is 22.9.